The molecule has 7 heteroatoms. The monoisotopic (exact) mass is 375 g/mol. The van der Waals surface area contributed by atoms with Gasteiger partial charge < -0.3 is 15.9 Å². The van der Waals surface area contributed by atoms with E-state index < -0.39 is 22.7 Å². The Kier molecular flexibility index (Phi) is 8.97. The molecule has 0 heterocycles. The smallest absolute Gasteiger partial charge is 0.328 e. The van der Waals surface area contributed by atoms with Gasteiger partial charge in [0.2, 0.25) is 0 Å². The zero-order chi connectivity index (χ0) is 19.5. The maximum Gasteiger partial charge on any atom is 0.328 e. The number of carbonyl (C=O) groups is 2. The summed E-state index contributed by atoms with van der Waals surface area (Å²) in [7, 11) is -1.13. The van der Waals surface area contributed by atoms with E-state index in [9.17, 15) is 13.8 Å². The highest BCUT2D eigenvalue weighted by molar-refractivity contribution is 7.85. The van der Waals surface area contributed by atoms with Crippen LogP contribution in [0.15, 0.2) is 76.5 Å². The molecular weight excluding hydrogens is 354 g/mol. The molecule has 0 aromatic heterocycles. The summed E-state index contributed by atoms with van der Waals surface area (Å²) in [6.07, 6.45) is 1.86. The third-order valence-electron chi connectivity index (χ3n) is 3.04. The van der Waals surface area contributed by atoms with E-state index in [1.807, 2.05) is 61.5 Å². The van der Waals surface area contributed by atoms with E-state index in [1.54, 1.807) is 0 Å². The molecule has 26 heavy (non-hydrogen) atoms. The van der Waals surface area contributed by atoms with Gasteiger partial charge in [-0.3, -0.25) is 0 Å². The van der Waals surface area contributed by atoms with Crippen LogP contribution in [0.2, 0.25) is 0 Å². The van der Waals surface area contributed by atoms with Crippen LogP contribution in [-0.2, 0) is 26.8 Å². The molecule has 138 valence electrons. The second-order valence-corrected chi connectivity index (χ2v) is 6.83. The Labute approximate surface area is 154 Å². The first kappa shape index (κ1) is 21.3. The third-order valence-corrected chi connectivity index (χ3v) is 4.54. The molecule has 0 bridgehead atoms. The van der Waals surface area contributed by atoms with Crippen molar-refractivity contribution in [2.45, 2.75) is 29.2 Å². The minimum atomic E-state index is -1.26. The Balaban J connectivity index is 0.000000359. The average Bonchev–Trinajstić information content (AvgIpc) is 2.61. The SMILES string of the molecule is CC(N)Cc1ccccc1S(=O)c1ccccc1.O=C(O)C=CC(=O)O. The van der Waals surface area contributed by atoms with Crippen molar-refractivity contribution in [3.63, 3.8) is 0 Å². The van der Waals surface area contributed by atoms with E-state index >= 15 is 0 Å². The summed E-state index contributed by atoms with van der Waals surface area (Å²) in [5, 5.41) is 15.6. The number of aliphatic carboxylic acids is 2. The van der Waals surface area contributed by atoms with Gasteiger partial charge in [0, 0.05) is 28.0 Å². The highest BCUT2D eigenvalue weighted by Gasteiger charge is 2.12. The van der Waals surface area contributed by atoms with Crippen molar-refractivity contribution in [3.05, 3.63) is 72.3 Å². The first-order valence-electron chi connectivity index (χ1n) is 7.75. The average molecular weight is 375 g/mol. The van der Waals surface area contributed by atoms with Gasteiger partial charge in [-0.05, 0) is 37.1 Å². The number of carboxylic acid groups (broad SMARTS) is 2. The van der Waals surface area contributed by atoms with E-state index in [0.29, 0.717) is 12.2 Å². The molecule has 0 saturated carbocycles. The standard InChI is InChI=1S/C15H17NOS.C4H4O4/c1-12(16)11-13-7-5-6-10-15(13)18(17)14-8-3-2-4-9-14;5-3(6)1-2-4(7)8/h2-10,12H,11,16H2,1H3;1-2H,(H,5,6)(H,7,8). The van der Waals surface area contributed by atoms with Gasteiger partial charge >= 0.3 is 11.9 Å². The summed E-state index contributed by atoms with van der Waals surface area (Å²) in [5.41, 5.74) is 6.90. The van der Waals surface area contributed by atoms with Crippen LogP contribution in [0.4, 0.5) is 0 Å². The number of carboxylic acids is 2. The first-order valence-corrected chi connectivity index (χ1v) is 8.90. The predicted octanol–water partition coefficient (Wildman–Crippen LogP) is 2.45. The molecule has 2 aromatic carbocycles. The zero-order valence-electron chi connectivity index (χ0n) is 14.2. The predicted molar refractivity (Wildman–Crippen MR) is 99.3 cm³/mol. The fourth-order valence-electron chi connectivity index (χ4n) is 2.01. The molecule has 0 fully saturated rings. The molecular formula is C19H21NO5S. The molecule has 0 aliphatic rings. The molecule has 4 N–H and O–H groups in total. The van der Waals surface area contributed by atoms with Gasteiger partial charge in [-0.25, -0.2) is 13.8 Å². The van der Waals surface area contributed by atoms with Crippen molar-refractivity contribution in [2.75, 3.05) is 0 Å². The van der Waals surface area contributed by atoms with Gasteiger partial charge in [0.1, 0.15) is 0 Å². The van der Waals surface area contributed by atoms with Gasteiger partial charge in [0.15, 0.2) is 0 Å². The van der Waals surface area contributed by atoms with Gasteiger partial charge in [-0.15, -0.1) is 0 Å². The number of hydrogen-bond donors (Lipinski definition) is 3. The fraction of sp³-hybridized carbons (Fsp3) is 0.158. The largest absolute Gasteiger partial charge is 0.478 e. The van der Waals surface area contributed by atoms with Crippen LogP contribution in [-0.4, -0.2) is 32.4 Å². The lowest BCUT2D eigenvalue weighted by Gasteiger charge is -2.11. The van der Waals surface area contributed by atoms with Crippen molar-refractivity contribution in [3.8, 4) is 0 Å². The number of hydrogen-bond acceptors (Lipinski definition) is 4. The minimum Gasteiger partial charge on any atom is -0.478 e. The van der Waals surface area contributed by atoms with Crippen LogP contribution in [0.1, 0.15) is 12.5 Å². The summed E-state index contributed by atoms with van der Waals surface area (Å²) >= 11 is 0. The fourth-order valence-corrected chi connectivity index (χ4v) is 3.26. The summed E-state index contributed by atoms with van der Waals surface area (Å²) in [6.45, 7) is 1.96. The number of rotatable bonds is 6. The van der Waals surface area contributed by atoms with Crippen LogP contribution >= 0.6 is 0 Å². The molecule has 2 rings (SSSR count). The molecule has 0 saturated heterocycles. The number of benzene rings is 2. The molecule has 0 aliphatic carbocycles. The Morgan fingerprint density at radius 3 is 2.00 bits per heavy atom. The molecule has 6 nitrogen and oxygen atoms in total. The zero-order valence-corrected chi connectivity index (χ0v) is 15.1. The lowest BCUT2D eigenvalue weighted by molar-refractivity contribution is -0.134. The normalized spacial score (nSPS) is 12.7. The van der Waals surface area contributed by atoms with Crippen molar-refractivity contribution in [1.29, 1.82) is 0 Å². The van der Waals surface area contributed by atoms with Crippen LogP contribution in [0.25, 0.3) is 0 Å². The van der Waals surface area contributed by atoms with Gasteiger partial charge in [0.05, 0.1) is 10.8 Å². The lowest BCUT2D eigenvalue weighted by atomic mass is 10.1. The summed E-state index contributed by atoms with van der Waals surface area (Å²) < 4.78 is 12.5. The van der Waals surface area contributed by atoms with E-state index in [0.717, 1.165) is 21.8 Å². The van der Waals surface area contributed by atoms with Crippen molar-refractivity contribution < 1.29 is 24.0 Å². The molecule has 0 amide bonds. The number of nitrogens with two attached hydrogens (primary N) is 1. The van der Waals surface area contributed by atoms with E-state index in [-0.39, 0.29) is 6.04 Å². The van der Waals surface area contributed by atoms with Crippen molar-refractivity contribution >= 4 is 22.7 Å². The van der Waals surface area contributed by atoms with Crippen LogP contribution < -0.4 is 5.73 Å². The summed E-state index contributed by atoms with van der Waals surface area (Å²) in [5.74, 6) is -2.51. The van der Waals surface area contributed by atoms with Crippen LogP contribution in [0.5, 0.6) is 0 Å². The summed E-state index contributed by atoms with van der Waals surface area (Å²) in [4.78, 5) is 20.8. The molecule has 0 radical (unpaired) electrons. The molecule has 2 unspecified atom stereocenters. The minimum absolute atomic E-state index is 0.0684. The Morgan fingerprint density at radius 2 is 1.50 bits per heavy atom. The highest BCUT2D eigenvalue weighted by atomic mass is 32.2. The van der Waals surface area contributed by atoms with Gasteiger partial charge in [0.25, 0.3) is 0 Å². The first-order chi connectivity index (χ1) is 12.3. The van der Waals surface area contributed by atoms with Crippen molar-refractivity contribution in [1.82, 2.24) is 0 Å². The van der Waals surface area contributed by atoms with E-state index in [4.69, 9.17) is 15.9 Å². The quantitative estimate of drug-likeness (QED) is 0.668. The highest BCUT2D eigenvalue weighted by Crippen LogP contribution is 2.20. The van der Waals surface area contributed by atoms with E-state index in [1.165, 1.54) is 0 Å². The van der Waals surface area contributed by atoms with Crippen LogP contribution in [0, 0.1) is 0 Å². The lowest BCUT2D eigenvalue weighted by Crippen LogP contribution is -2.18. The molecule has 0 aliphatic heterocycles. The molecule has 0 spiro atoms. The maximum atomic E-state index is 12.5. The Morgan fingerprint density at radius 1 is 1.00 bits per heavy atom. The molecule has 2 aromatic rings. The van der Waals surface area contributed by atoms with Gasteiger partial charge in [-0.2, -0.15) is 0 Å². The van der Waals surface area contributed by atoms with Crippen molar-refractivity contribution in [2.24, 2.45) is 5.73 Å². The van der Waals surface area contributed by atoms with Gasteiger partial charge in [-0.1, -0.05) is 36.4 Å². The topological polar surface area (TPSA) is 118 Å². The van der Waals surface area contributed by atoms with Crippen LogP contribution in [0.3, 0.4) is 0 Å². The molecule has 2 atom stereocenters. The second-order valence-electron chi connectivity index (χ2n) is 5.38. The Hall–Kier alpha value is -2.77. The second kappa shape index (κ2) is 11.0. The van der Waals surface area contributed by atoms with E-state index in [2.05, 4.69) is 0 Å². The maximum absolute atomic E-state index is 12.5. The third kappa shape index (κ3) is 7.87. The summed E-state index contributed by atoms with van der Waals surface area (Å²) in [6, 6.07) is 17.4. The Bertz CT molecular complexity index is 772.